The molecular formula is C13H16O4. The van der Waals surface area contributed by atoms with Crippen LogP contribution in [0.2, 0.25) is 0 Å². The molecule has 0 fully saturated rings. The molecule has 17 heavy (non-hydrogen) atoms. The zero-order chi connectivity index (χ0) is 12.6. The highest BCUT2D eigenvalue weighted by molar-refractivity contribution is 6.08. The van der Waals surface area contributed by atoms with Gasteiger partial charge in [-0.3, -0.25) is 4.79 Å². The minimum atomic E-state index is -0.483. The quantitative estimate of drug-likeness (QED) is 0.741. The number of rotatable bonds is 2. The van der Waals surface area contributed by atoms with Crippen LogP contribution in [0, 0.1) is 0 Å². The second kappa shape index (κ2) is 4.02. The molecule has 1 aromatic heterocycles. The number of ether oxygens (including phenoxy) is 1. The van der Waals surface area contributed by atoms with Crippen LogP contribution < -0.4 is 0 Å². The van der Waals surface area contributed by atoms with Gasteiger partial charge in [0, 0.05) is 11.8 Å². The fraction of sp³-hybridized carbons (Fsp3) is 0.538. The lowest BCUT2D eigenvalue weighted by atomic mass is 9.76. The van der Waals surface area contributed by atoms with E-state index in [2.05, 4.69) is 0 Å². The second-order valence-corrected chi connectivity index (χ2v) is 4.88. The van der Waals surface area contributed by atoms with Gasteiger partial charge in [-0.05, 0) is 13.3 Å². The number of furan rings is 1. The van der Waals surface area contributed by atoms with Gasteiger partial charge in [-0.2, -0.15) is 0 Å². The van der Waals surface area contributed by atoms with Crippen LogP contribution in [-0.4, -0.2) is 18.4 Å². The molecule has 4 heteroatoms. The van der Waals surface area contributed by atoms with E-state index in [-0.39, 0.29) is 23.4 Å². The molecular weight excluding hydrogens is 220 g/mol. The normalized spacial score (nSPS) is 17.7. The Labute approximate surface area is 99.9 Å². The fourth-order valence-electron chi connectivity index (χ4n) is 2.16. The van der Waals surface area contributed by atoms with E-state index >= 15 is 0 Å². The molecule has 1 aromatic rings. The predicted octanol–water partition coefficient (Wildman–Crippen LogP) is 2.71. The Hall–Kier alpha value is -1.58. The summed E-state index contributed by atoms with van der Waals surface area (Å²) in [5.74, 6) is 0.0940. The maximum atomic E-state index is 11.9. The van der Waals surface area contributed by atoms with E-state index in [0.717, 1.165) is 6.42 Å². The highest BCUT2D eigenvalue weighted by Gasteiger charge is 2.38. The average molecular weight is 236 g/mol. The maximum Gasteiger partial charge on any atom is 0.342 e. The first-order valence-corrected chi connectivity index (χ1v) is 5.79. The first-order chi connectivity index (χ1) is 7.97. The smallest absolute Gasteiger partial charge is 0.342 e. The van der Waals surface area contributed by atoms with Crippen LogP contribution in [0.25, 0.3) is 0 Å². The van der Waals surface area contributed by atoms with Crippen molar-refractivity contribution in [3.8, 4) is 0 Å². The van der Waals surface area contributed by atoms with E-state index in [1.54, 1.807) is 6.92 Å². The van der Waals surface area contributed by atoms with Crippen molar-refractivity contribution in [3.63, 3.8) is 0 Å². The van der Waals surface area contributed by atoms with E-state index in [1.807, 2.05) is 13.8 Å². The number of hydrogen-bond acceptors (Lipinski definition) is 4. The van der Waals surface area contributed by atoms with Gasteiger partial charge in [-0.1, -0.05) is 13.8 Å². The number of carbonyl (C=O) groups excluding carboxylic acids is 2. The van der Waals surface area contributed by atoms with Gasteiger partial charge in [0.2, 0.25) is 0 Å². The van der Waals surface area contributed by atoms with Gasteiger partial charge in [-0.25, -0.2) is 4.79 Å². The number of carbonyl (C=O) groups is 2. The lowest BCUT2D eigenvalue weighted by Crippen LogP contribution is -2.27. The molecule has 0 saturated carbocycles. The summed E-state index contributed by atoms with van der Waals surface area (Å²) < 4.78 is 10.3. The van der Waals surface area contributed by atoms with Crippen molar-refractivity contribution in [1.29, 1.82) is 0 Å². The molecule has 0 unspecified atom stereocenters. The Morgan fingerprint density at radius 2 is 2.24 bits per heavy atom. The van der Waals surface area contributed by atoms with Crippen molar-refractivity contribution >= 4 is 11.8 Å². The molecule has 0 bridgehead atoms. The van der Waals surface area contributed by atoms with Crippen molar-refractivity contribution < 1.29 is 18.7 Å². The topological polar surface area (TPSA) is 56.5 Å². The second-order valence-electron chi connectivity index (χ2n) is 4.88. The standard InChI is InChI=1S/C13H16O4/c1-4-16-12(15)8-7-17-11-10(8)9(14)5-6-13(11,2)3/h7H,4-6H2,1-3H3. The summed E-state index contributed by atoms with van der Waals surface area (Å²) in [5.41, 5.74) is 0.480. The summed E-state index contributed by atoms with van der Waals surface area (Å²) in [6.07, 6.45) is 2.54. The van der Waals surface area contributed by atoms with E-state index < -0.39 is 5.97 Å². The zero-order valence-corrected chi connectivity index (χ0v) is 10.3. The van der Waals surface area contributed by atoms with Crippen molar-refractivity contribution in [1.82, 2.24) is 0 Å². The third kappa shape index (κ3) is 1.88. The molecule has 0 spiro atoms. The molecule has 1 aliphatic carbocycles. The minimum absolute atomic E-state index is 0.0314. The molecule has 0 saturated heterocycles. The van der Waals surface area contributed by atoms with Crippen LogP contribution in [-0.2, 0) is 10.2 Å². The van der Waals surface area contributed by atoms with E-state index in [4.69, 9.17) is 9.15 Å². The third-order valence-corrected chi connectivity index (χ3v) is 3.16. The highest BCUT2D eigenvalue weighted by atomic mass is 16.5. The number of esters is 1. The molecule has 92 valence electrons. The SMILES string of the molecule is CCOC(=O)c1coc2c1C(=O)CCC2(C)C. The van der Waals surface area contributed by atoms with Crippen molar-refractivity contribution in [2.45, 2.75) is 39.0 Å². The lowest BCUT2D eigenvalue weighted by Gasteiger charge is -2.27. The molecule has 0 aliphatic heterocycles. The minimum Gasteiger partial charge on any atom is -0.467 e. The first-order valence-electron chi connectivity index (χ1n) is 5.79. The van der Waals surface area contributed by atoms with Crippen LogP contribution in [0.1, 0.15) is 60.1 Å². The monoisotopic (exact) mass is 236 g/mol. The van der Waals surface area contributed by atoms with Crippen molar-refractivity contribution in [2.24, 2.45) is 0 Å². The van der Waals surface area contributed by atoms with Gasteiger partial charge in [0.25, 0.3) is 0 Å². The van der Waals surface area contributed by atoms with E-state index in [0.29, 0.717) is 17.7 Å². The molecule has 0 amide bonds. The fourth-order valence-corrected chi connectivity index (χ4v) is 2.16. The Kier molecular flexibility index (Phi) is 2.81. The van der Waals surface area contributed by atoms with Gasteiger partial charge < -0.3 is 9.15 Å². The van der Waals surface area contributed by atoms with Gasteiger partial charge >= 0.3 is 5.97 Å². The summed E-state index contributed by atoms with van der Waals surface area (Å²) in [4.78, 5) is 23.6. The average Bonchev–Trinajstić information content (AvgIpc) is 2.70. The first kappa shape index (κ1) is 11.9. The Balaban J connectivity index is 2.49. The number of Topliss-reactive ketones (excluding diaryl/α,β-unsaturated/α-hetero) is 1. The summed E-state index contributed by atoms with van der Waals surface area (Å²) >= 11 is 0. The molecule has 4 nitrogen and oxygen atoms in total. The van der Waals surface area contributed by atoms with Crippen LogP contribution in [0.15, 0.2) is 10.7 Å². The number of fused-ring (bicyclic) bond motifs is 1. The lowest BCUT2D eigenvalue weighted by molar-refractivity contribution is 0.0522. The Bertz CT molecular complexity index is 468. The summed E-state index contributed by atoms with van der Waals surface area (Å²) in [6, 6.07) is 0. The van der Waals surface area contributed by atoms with Crippen LogP contribution in [0.3, 0.4) is 0 Å². The van der Waals surface area contributed by atoms with E-state index in [1.165, 1.54) is 6.26 Å². The van der Waals surface area contributed by atoms with Crippen LogP contribution in [0.4, 0.5) is 0 Å². The summed E-state index contributed by atoms with van der Waals surface area (Å²) in [7, 11) is 0. The van der Waals surface area contributed by atoms with Gasteiger partial charge in [-0.15, -0.1) is 0 Å². The molecule has 0 N–H and O–H groups in total. The predicted molar refractivity (Wildman–Crippen MR) is 61.3 cm³/mol. The molecule has 0 radical (unpaired) electrons. The molecule has 2 rings (SSSR count). The third-order valence-electron chi connectivity index (χ3n) is 3.16. The van der Waals surface area contributed by atoms with Gasteiger partial charge in [0.05, 0.1) is 12.2 Å². The number of hydrogen-bond donors (Lipinski definition) is 0. The molecule has 1 aliphatic rings. The van der Waals surface area contributed by atoms with Gasteiger partial charge in [0.1, 0.15) is 17.6 Å². The Morgan fingerprint density at radius 3 is 2.88 bits per heavy atom. The zero-order valence-electron chi connectivity index (χ0n) is 10.3. The van der Waals surface area contributed by atoms with Gasteiger partial charge in [0.15, 0.2) is 5.78 Å². The van der Waals surface area contributed by atoms with Crippen LogP contribution in [0.5, 0.6) is 0 Å². The van der Waals surface area contributed by atoms with Crippen LogP contribution >= 0.6 is 0 Å². The van der Waals surface area contributed by atoms with E-state index in [9.17, 15) is 9.59 Å². The molecule has 0 atom stereocenters. The maximum absolute atomic E-state index is 11.9. The largest absolute Gasteiger partial charge is 0.467 e. The Morgan fingerprint density at radius 1 is 1.53 bits per heavy atom. The summed E-state index contributed by atoms with van der Waals surface area (Å²) in [5, 5.41) is 0. The van der Waals surface area contributed by atoms with Crippen molar-refractivity contribution in [2.75, 3.05) is 6.61 Å². The van der Waals surface area contributed by atoms with Crippen molar-refractivity contribution in [3.05, 3.63) is 23.2 Å². The molecule has 1 heterocycles. The molecule has 0 aromatic carbocycles. The number of ketones is 1. The summed E-state index contributed by atoms with van der Waals surface area (Å²) in [6.45, 7) is 6.04. The highest BCUT2D eigenvalue weighted by Crippen LogP contribution is 2.39.